The Morgan fingerprint density at radius 3 is 1.39 bits per heavy atom. The van der Waals surface area contributed by atoms with Crippen LogP contribution in [0.15, 0.2) is 72.9 Å². The van der Waals surface area contributed by atoms with E-state index >= 15 is 0 Å². The van der Waals surface area contributed by atoms with Gasteiger partial charge in [-0.1, -0.05) is 240 Å². The topological polar surface area (TPSA) is 175 Å². The molecule has 7 unspecified atom stereocenters. The number of hydrogen-bond acceptors (Lipinski definition) is 10. The van der Waals surface area contributed by atoms with Crippen LogP contribution in [0.1, 0.15) is 290 Å². The molecule has 11 heteroatoms. The Hall–Kier alpha value is -2.90. The first kappa shape index (κ1) is 75.1. The monoisotopic (exact) mass is 1130 g/mol. The molecule has 1 aliphatic rings. The van der Waals surface area contributed by atoms with Crippen molar-refractivity contribution in [3.8, 4) is 0 Å². The van der Waals surface area contributed by atoms with Crippen LogP contribution < -0.4 is 5.32 Å². The number of unbranched alkanes of at least 4 members (excludes halogenated alkanes) is 34. The van der Waals surface area contributed by atoms with E-state index in [0.717, 1.165) is 70.6 Å². The first-order chi connectivity index (χ1) is 39.2. The molecule has 464 valence electrons. The van der Waals surface area contributed by atoms with E-state index in [4.69, 9.17) is 14.2 Å². The van der Waals surface area contributed by atoms with Crippen molar-refractivity contribution < 1.29 is 49.3 Å². The van der Waals surface area contributed by atoms with E-state index in [9.17, 15) is 35.1 Å². The number of nitrogens with one attached hydrogen (secondary N) is 1. The Bertz CT molecular complexity index is 1560. The molecule has 1 rings (SSSR count). The van der Waals surface area contributed by atoms with Crippen molar-refractivity contribution in [3.05, 3.63) is 72.9 Å². The van der Waals surface area contributed by atoms with Gasteiger partial charge in [0, 0.05) is 12.8 Å². The van der Waals surface area contributed by atoms with Gasteiger partial charge in [-0.25, -0.2) is 0 Å². The zero-order valence-electron chi connectivity index (χ0n) is 51.3. The van der Waals surface area contributed by atoms with Crippen LogP contribution in [0.2, 0.25) is 0 Å². The van der Waals surface area contributed by atoms with Gasteiger partial charge in [0.05, 0.1) is 32.0 Å². The lowest BCUT2D eigenvalue weighted by atomic mass is 9.99. The van der Waals surface area contributed by atoms with Crippen molar-refractivity contribution in [1.82, 2.24) is 5.32 Å². The quantitative estimate of drug-likeness (QED) is 0.0195. The Morgan fingerprint density at radius 2 is 0.900 bits per heavy atom. The normalized spacial score (nSPS) is 18.8. The van der Waals surface area contributed by atoms with E-state index in [2.05, 4.69) is 66.9 Å². The molecule has 1 aliphatic heterocycles. The number of allylic oxidation sites excluding steroid dienone is 11. The lowest BCUT2D eigenvalue weighted by molar-refractivity contribution is -0.302. The van der Waals surface area contributed by atoms with Crippen LogP contribution in [0.4, 0.5) is 0 Å². The van der Waals surface area contributed by atoms with Crippen LogP contribution in [0.3, 0.4) is 0 Å². The van der Waals surface area contributed by atoms with Gasteiger partial charge in [-0.05, 0) is 110 Å². The molecule has 0 saturated carbocycles. The predicted octanol–water partition coefficient (Wildman–Crippen LogP) is 16.3. The molecule has 0 spiro atoms. The number of rotatable bonds is 57. The molecule has 0 aromatic heterocycles. The molecule has 7 atom stereocenters. The molecule has 0 radical (unpaired) electrons. The van der Waals surface area contributed by atoms with Crippen molar-refractivity contribution in [1.29, 1.82) is 0 Å². The Labute approximate surface area is 490 Å². The summed E-state index contributed by atoms with van der Waals surface area (Å²) in [6.45, 7) is 4.06. The zero-order valence-corrected chi connectivity index (χ0v) is 51.3. The molecule has 1 saturated heterocycles. The number of carbonyl (C=O) groups excluding carboxylic acids is 2. The summed E-state index contributed by atoms with van der Waals surface area (Å²) in [7, 11) is 0. The van der Waals surface area contributed by atoms with Crippen LogP contribution in [0, 0.1) is 0 Å². The van der Waals surface area contributed by atoms with Crippen molar-refractivity contribution in [2.24, 2.45) is 0 Å². The van der Waals surface area contributed by atoms with E-state index in [0.29, 0.717) is 19.4 Å². The maximum absolute atomic E-state index is 13.0. The van der Waals surface area contributed by atoms with Crippen LogP contribution in [-0.4, -0.2) is 100 Å². The highest BCUT2D eigenvalue weighted by Gasteiger charge is 2.44. The summed E-state index contributed by atoms with van der Waals surface area (Å²) < 4.78 is 16.7. The summed E-state index contributed by atoms with van der Waals surface area (Å²) in [6.07, 6.45) is 67.7. The van der Waals surface area contributed by atoms with Crippen molar-refractivity contribution in [2.45, 2.75) is 333 Å². The maximum Gasteiger partial charge on any atom is 0.305 e. The second kappa shape index (κ2) is 57.9. The summed E-state index contributed by atoms with van der Waals surface area (Å²) in [5.74, 6) is -0.209. The lowest BCUT2D eigenvalue weighted by Crippen LogP contribution is -2.60. The first-order valence-corrected chi connectivity index (χ1v) is 33.2. The van der Waals surface area contributed by atoms with Gasteiger partial charge in [0.25, 0.3) is 0 Å². The summed E-state index contributed by atoms with van der Waals surface area (Å²) in [5.41, 5.74) is 0. The molecular weight excluding hydrogens is 1000 g/mol. The predicted molar refractivity (Wildman–Crippen MR) is 333 cm³/mol. The second-order valence-electron chi connectivity index (χ2n) is 22.8. The average Bonchev–Trinajstić information content (AvgIpc) is 3.45. The molecule has 1 fully saturated rings. The number of aliphatic hydroxyl groups is 5. The Morgan fingerprint density at radius 1 is 0.487 bits per heavy atom. The number of ether oxygens (including phenoxy) is 3. The van der Waals surface area contributed by atoms with Gasteiger partial charge >= 0.3 is 5.97 Å². The van der Waals surface area contributed by atoms with Crippen molar-refractivity contribution >= 4 is 11.9 Å². The molecule has 0 aromatic rings. The number of aliphatic hydroxyl groups excluding tert-OH is 5. The fourth-order valence-corrected chi connectivity index (χ4v) is 10.1. The van der Waals surface area contributed by atoms with Crippen LogP contribution in [0.25, 0.3) is 0 Å². The molecule has 1 heterocycles. The molecule has 80 heavy (non-hydrogen) atoms. The largest absolute Gasteiger partial charge is 0.466 e. The molecule has 11 nitrogen and oxygen atoms in total. The molecule has 0 bridgehead atoms. The minimum atomic E-state index is -1.58. The van der Waals surface area contributed by atoms with E-state index < -0.39 is 49.5 Å². The third-order valence-corrected chi connectivity index (χ3v) is 15.3. The van der Waals surface area contributed by atoms with Gasteiger partial charge in [-0.2, -0.15) is 0 Å². The minimum absolute atomic E-state index is 0.00861. The summed E-state index contributed by atoms with van der Waals surface area (Å²) >= 11 is 0. The highest BCUT2D eigenvalue weighted by atomic mass is 16.7. The lowest BCUT2D eigenvalue weighted by Gasteiger charge is -2.40. The maximum atomic E-state index is 13.0. The fourth-order valence-electron chi connectivity index (χ4n) is 10.1. The highest BCUT2D eigenvalue weighted by molar-refractivity contribution is 5.76. The third kappa shape index (κ3) is 46.6. The van der Waals surface area contributed by atoms with Crippen molar-refractivity contribution in [3.63, 3.8) is 0 Å². The average molecular weight is 1130 g/mol. The number of hydrogen-bond donors (Lipinski definition) is 6. The summed E-state index contributed by atoms with van der Waals surface area (Å²) in [6, 6.07) is -0.835. The standard InChI is InChI=1S/C69H123NO10/c1-3-5-7-9-11-13-14-15-30-34-37-41-45-49-53-57-65(74)78-58-54-50-46-42-38-35-32-29-27-25-23-21-19-17-16-18-20-22-24-26-28-31-33-36-40-44-48-52-56-64(73)70-61(62(72)55-51-47-43-39-12-10-8-6-4-2)60-79-69-68(77)67(76)66(75)63(59-71)80-69/h4,6,11-13,15-17,30,39,51,55,61-63,66-69,71-72,75-77H,3,5,7-10,14,18-29,31-38,40-50,52-54,56-60H2,1-2H3,(H,70,73)/b6-4+,13-11-,17-16-,30-15-,39-12+,55-51+. The van der Waals surface area contributed by atoms with Gasteiger partial charge < -0.3 is 45.1 Å². The first-order valence-electron chi connectivity index (χ1n) is 33.2. The molecule has 1 amide bonds. The van der Waals surface area contributed by atoms with Crippen LogP contribution >= 0.6 is 0 Å². The Kier molecular flexibility index (Phi) is 54.4. The number of amides is 1. The second-order valence-corrected chi connectivity index (χ2v) is 22.8. The number of carbonyl (C=O) groups is 2. The van der Waals surface area contributed by atoms with Gasteiger partial charge in [-0.3, -0.25) is 9.59 Å². The molecule has 0 aliphatic carbocycles. The molecule has 0 aromatic carbocycles. The Balaban J connectivity index is 1.94. The van der Waals surface area contributed by atoms with Gasteiger partial charge in [-0.15, -0.1) is 0 Å². The van der Waals surface area contributed by atoms with Gasteiger partial charge in [0.15, 0.2) is 6.29 Å². The van der Waals surface area contributed by atoms with E-state index in [1.54, 1.807) is 6.08 Å². The third-order valence-electron chi connectivity index (χ3n) is 15.3. The summed E-state index contributed by atoms with van der Waals surface area (Å²) in [4.78, 5) is 25.1. The van der Waals surface area contributed by atoms with Crippen LogP contribution in [-0.2, 0) is 23.8 Å². The van der Waals surface area contributed by atoms with Gasteiger partial charge in [0.2, 0.25) is 5.91 Å². The van der Waals surface area contributed by atoms with Crippen LogP contribution in [0.5, 0.6) is 0 Å². The number of esters is 1. The van der Waals surface area contributed by atoms with E-state index in [1.807, 2.05) is 19.1 Å². The fraction of sp³-hybridized carbons (Fsp3) is 0.797. The zero-order chi connectivity index (χ0) is 58.0. The van der Waals surface area contributed by atoms with Crippen molar-refractivity contribution in [2.75, 3.05) is 19.8 Å². The molecule has 6 N–H and O–H groups in total. The summed E-state index contributed by atoms with van der Waals surface area (Å²) in [5, 5.41) is 54.2. The molecular formula is C69H123NO10. The van der Waals surface area contributed by atoms with Gasteiger partial charge in [0.1, 0.15) is 24.4 Å². The van der Waals surface area contributed by atoms with E-state index in [-0.39, 0.29) is 18.5 Å². The SMILES string of the molecule is C/C=C/CC/C=C/CC/C=C/C(O)C(COC1OC(CO)C(O)C(O)C1O)NC(=O)CCCCCCCCCCCCCC/C=C\CCCCCCCCCCCCCCOC(=O)CCCCCCC/C=C\C/C=C\CCCCC. The smallest absolute Gasteiger partial charge is 0.305 e. The highest BCUT2D eigenvalue weighted by Crippen LogP contribution is 2.23. The minimum Gasteiger partial charge on any atom is -0.466 e. The van der Waals surface area contributed by atoms with E-state index in [1.165, 1.54) is 193 Å².